The lowest BCUT2D eigenvalue weighted by Gasteiger charge is -2.12. The van der Waals surface area contributed by atoms with Gasteiger partial charge in [0.25, 0.3) is 11.8 Å². The predicted octanol–water partition coefficient (Wildman–Crippen LogP) is 4.07. The third-order valence-electron chi connectivity index (χ3n) is 6.45. The van der Waals surface area contributed by atoms with E-state index >= 15 is 0 Å². The summed E-state index contributed by atoms with van der Waals surface area (Å²) in [4.78, 5) is 26.0. The van der Waals surface area contributed by atoms with Crippen LogP contribution in [-0.4, -0.2) is 53.4 Å². The number of phenolic OH excluding ortho intramolecular Hbond substituents is 1. The summed E-state index contributed by atoms with van der Waals surface area (Å²) < 4.78 is 7.82. The molecule has 0 fully saturated rings. The van der Waals surface area contributed by atoms with Crippen molar-refractivity contribution in [3.05, 3.63) is 58.6 Å². The van der Waals surface area contributed by atoms with E-state index in [4.69, 9.17) is 16.3 Å². The minimum atomic E-state index is -0.498. The van der Waals surface area contributed by atoms with Crippen molar-refractivity contribution in [2.45, 2.75) is 19.4 Å². The van der Waals surface area contributed by atoms with Crippen LogP contribution >= 0.6 is 11.6 Å². The van der Waals surface area contributed by atoms with Crippen molar-refractivity contribution < 1.29 is 24.5 Å². The van der Waals surface area contributed by atoms with E-state index < -0.39 is 11.8 Å². The highest BCUT2D eigenvalue weighted by Gasteiger charge is 2.35. The van der Waals surface area contributed by atoms with Gasteiger partial charge in [-0.1, -0.05) is 29.8 Å². The van der Waals surface area contributed by atoms with Gasteiger partial charge in [0.05, 0.1) is 28.8 Å². The molecule has 3 aromatic carbocycles. The van der Waals surface area contributed by atoms with Gasteiger partial charge in [0.15, 0.2) is 11.5 Å². The fourth-order valence-corrected chi connectivity index (χ4v) is 5.10. The second-order valence-corrected chi connectivity index (χ2v) is 9.11. The second kappa shape index (κ2) is 9.81. The van der Waals surface area contributed by atoms with Gasteiger partial charge in [-0.2, -0.15) is 0 Å². The number of aryl methyl sites for hydroxylation is 1. The molecule has 0 aliphatic carbocycles. The first-order valence-corrected chi connectivity index (χ1v) is 12.2. The number of aromatic nitrogens is 1. The number of hydrogen-bond acceptors (Lipinski definition) is 6. The molecule has 186 valence electrons. The van der Waals surface area contributed by atoms with E-state index in [-0.39, 0.29) is 23.5 Å². The highest BCUT2D eigenvalue weighted by atomic mass is 35.5. The van der Waals surface area contributed by atoms with Gasteiger partial charge in [-0.15, -0.1) is 0 Å². The Hall–Kier alpha value is -3.59. The minimum Gasteiger partial charge on any atom is -0.504 e. The molecule has 5 rings (SSSR count). The Morgan fingerprint density at radius 1 is 1.03 bits per heavy atom. The number of carbonyl (C=O) groups excluding carboxylic acids is 2. The summed E-state index contributed by atoms with van der Waals surface area (Å²) in [6.45, 7) is 1.63. The van der Waals surface area contributed by atoms with Crippen LogP contribution in [0.5, 0.6) is 11.5 Å². The number of aromatic hydroxyl groups is 1. The first-order valence-electron chi connectivity index (χ1n) is 11.8. The molecule has 2 heterocycles. The third kappa shape index (κ3) is 3.97. The average molecular weight is 508 g/mol. The fourth-order valence-electron chi connectivity index (χ4n) is 4.86. The number of phenols is 1. The van der Waals surface area contributed by atoms with Gasteiger partial charge < -0.3 is 24.8 Å². The number of fused-ring (bicyclic) bond motifs is 5. The molecule has 36 heavy (non-hydrogen) atoms. The van der Waals surface area contributed by atoms with E-state index in [0.29, 0.717) is 57.8 Å². The number of hydrogen-bond donors (Lipinski definition) is 4. The lowest BCUT2D eigenvalue weighted by atomic mass is 9.93. The second-order valence-electron chi connectivity index (χ2n) is 8.70. The number of nitrogens with zero attached hydrogens (tertiary/aromatic N) is 1. The number of amides is 2. The maximum Gasteiger partial charge on any atom is 0.259 e. The number of nitrogens with one attached hydrogen (secondary N) is 2. The van der Waals surface area contributed by atoms with Crippen LogP contribution in [0, 0.1) is 0 Å². The van der Waals surface area contributed by atoms with E-state index in [1.807, 2.05) is 29.8 Å². The van der Waals surface area contributed by atoms with Crippen molar-refractivity contribution in [3.8, 4) is 22.6 Å². The number of aliphatic hydroxyl groups is 1. The van der Waals surface area contributed by atoms with Crippen molar-refractivity contribution in [3.63, 3.8) is 0 Å². The van der Waals surface area contributed by atoms with Gasteiger partial charge >= 0.3 is 0 Å². The Labute approximate surface area is 212 Å². The maximum atomic E-state index is 13.1. The molecule has 1 aromatic heterocycles. The van der Waals surface area contributed by atoms with Crippen molar-refractivity contribution >= 4 is 45.2 Å². The van der Waals surface area contributed by atoms with E-state index in [9.17, 15) is 19.8 Å². The van der Waals surface area contributed by atoms with Gasteiger partial charge in [0.2, 0.25) is 0 Å². The van der Waals surface area contributed by atoms with Crippen LogP contribution in [0.1, 0.15) is 33.6 Å². The molecule has 2 amide bonds. The minimum absolute atomic E-state index is 0.0199. The van der Waals surface area contributed by atoms with Gasteiger partial charge in [-0.3, -0.25) is 14.9 Å². The van der Waals surface area contributed by atoms with Crippen LogP contribution in [0.4, 0.5) is 0 Å². The highest BCUT2D eigenvalue weighted by molar-refractivity contribution is 6.36. The molecule has 0 atom stereocenters. The molecule has 1 aliphatic rings. The standard InChI is InChI=1S/C27H26ClN3O5/c1-29-8-4-11-36-22-14-19-17(13-21(22)33)23-20(31(19)9-5-10-32)12-16(15-6-2-3-7-18(15)28)24-25(23)27(35)30-26(24)34/h2-3,6-7,12-14,29,32-33H,4-5,8-11H2,1H3,(H,30,34,35). The van der Waals surface area contributed by atoms with Gasteiger partial charge in [0, 0.05) is 40.6 Å². The average Bonchev–Trinajstić information content (AvgIpc) is 3.32. The zero-order valence-electron chi connectivity index (χ0n) is 19.7. The number of ether oxygens (including phenoxy) is 1. The summed E-state index contributed by atoms with van der Waals surface area (Å²) in [5.41, 5.74) is 3.12. The zero-order valence-corrected chi connectivity index (χ0v) is 20.5. The van der Waals surface area contributed by atoms with Gasteiger partial charge in [-0.05, 0) is 50.2 Å². The molecule has 0 saturated carbocycles. The number of imide groups is 1. The van der Waals surface area contributed by atoms with Gasteiger partial charge in [-0.25, -0.2) is 0 Å². The highest BCUT2D eigenvalue weighted by Crippen LogP contribution is 2.44. The smallest absolute Gasteiger partial charge is 0.259 e. The topological polar surface area (TPSA) is 113 Å². The van der Waals surface area contributed by atoms with Crippen LogP contribution in [0.2, 0.25) is 5.02 Å². The van der Waals surface area contributed by atoms with Crippen LogP contribution in [0.15, 0.2) is 42.5 Å². The molecule has 0 radical (unpaired) electrons. The molecule has 1 aliphatic heterocycles. The normalized spacial score (nSPS) is 13.0. The fraction of sp³-hybridized carbons (Fsp3) is 0.259. The van der Waals surface area contributed by atoms with E-state index in [1.54, 1.807) is 24.3 Å². The molecular weight excluding hydrogens is 482 g/mol. The maximum absolute atomic E-state index is 13.1. The van der Waals surface area contributed by atoms with Crippen molar-refractivity contribution in [2.24, 2.45) is 0 Å². The molecule has 0 saturated heterocycles. The first kappa shape index (κ1) is 24.1. The number of aliphatic hydroxyl groups excluding tert-OH is 1. The van der Waals surface area contributed by atoms with Crippen LogP contribution in [0.3, 0.4) is 0 Å². The Bertz CT molecular complexity index is 1510. The summed E-state index contributed by atoms with van der Waals surface area (Å²) in [5.74, 6) is -0.712. The van der Waals surface area contributed by atoms with E-state index in [1.165, 1.54) is 0 Å². The van der Waals surface area contributed by atoms with E-state index in [0.717, 1.165) is 18.5 Å². The Morgan fingerprint density at radius 3 is 2.56 bits per heavy atom. The molecule has 8 nitrogen and oxygen atoms in total. The lowest BCUT2D eigenvalue weighted by molar-refractivity contribution is 0.0880. The summed E-state index contributed by atoms with van der Waals surface area (Å²) >= 11 is 6.50. The third-order valence-corrected chi connectivity index (χ3v) is 6.78. The quantitative estimate of drug-likeness (QED) is 0.201. The number of halogens is 1. The molecule has 4 N–H and O–H groups in total. The van der Waals surface area contributed by atoms with Gasteiger partial charge in [0.1, 0.15) is 0 Å². The first-order chi connectivity index (χ1) is 17.5. The lowest BCUT2D eigenvalue weighted by Crippen LogP contribution is -2.20. The molecule has 9 heteroatoms. The molecule has 0 unspecified atom stereocenters. The zero-order chi connectivity index (χ0) is 25.4. The summed E-state index contributed by atoms with van der Waals surface area (Å²) in [5, 5.41) is 27.5. The monoisotopic (exact) mass is 507 g/mol. The van der Waals surface area contributed by atoms with E-state index in [2.05, 4.69) is 10.6 Å². The molecule has 0 spiro atoms. The molecular formula is C27H26ClN3O5. The summed E-state index contributed by atoms with van der Waals surface area (Å²) in [7, 11) is 1.86. The largest absolute Gasteiger partial charge is 0.504 e. The number of benzene rings is 3. The Morgan fingerprint density at radius 2 is 1.81 bits per heavy atom. The number of rotatable bonds is 9. The van der Waals surface area contributed by atoms with Crippen LogP contribution in [-0.2, 0) is 6.54 Å². The Kier molecular flexibility index (Phi) is 6.57. The van der Waals surface area contributed by atoms with Crippen molar-refractivity contribution in [1.29, 1.82) is 0 Å². The van der Waals surface area contributed by atoms with Crippen LogP contribution < -0.4 is 15.4 Å². The van der Waals surface area contributed by atoms with Crippen LogP contribution in [0.25, 0.3) is 32.9 Å². The number of carbonyl (C=O) groups is 2. The molecule has 4 aromatic rings. The summed E-state index contributed by atoms with van der Waals surface area (Å²) in [6.07, 6.45) is 1.24. The SMILES string of the molecule is CNCCCOc1cc2c(cc1O)c1c3c(c(-c4ccccc4Cl)cc1n2CCCO)C(=O)NC3=O. The Balaban J connectivity index is 1.82. The predicted molar refractivity (Wildman–Crippen MR) is 139 cm³/mol. The van der Waals surface area contributed by atoms with Crippen molar-refractivity contribution in [2.75, 3.05) is 26.8 Å². The molecule has 0 bridgehead atoms. The van der Waals surface area contributed by atoms with Crippen molar-refractivity contribution in [1.82, 2.24) is 15.2 Å². The summed E-state index contributed by atoms with van der Waals surface area (Å²) in [6, 6.07) is 12.3.